The summed E-state index contributed by atoms with van der Waals surface area (Å²) in [7, 11) is 0. The molecule has 1 saturated heterocycles. The Morgan fingerprint density at radius 3 is 2.20 bits per heavy atom. The van der Waals surface area contributed by atoms with Crippen molar-refractivity contribution in [3.8, 4) is 0 Å². The van der Waals surface area contributed by atoms with Crippen LogP contribution in [0.3, 0.4) is 0 Å². The van der Waals surface area contributed by atoms with Crippen molar-refractivity contribution < 1.29 is 13.2 Å². The van der Waals surface area contributed by atoms with Crippen LogP contribution in [-0.4, -0.2) is 31.1 Å². The number of halogens is 6. The maximum absolute atomic E-state index is 13.2. The van der Waals surface area contributed by atoms with Crippen LogP contribution >= 0.6 is 40.7 Å². The Balaban J connectivity index is 0.00000156. The van der Waals surface area contributed by atoms with Gasteiger partial charge in [-0.3, -0.25) is 4.90 Å². The molecule has 2 fully saturated rings. The number of piperazine rings is 1. The zero-order valence-corrected chi connectivity index (χ0v) is 17.0. The minimum atomic E-state index is -4.30. The number of nitrogens with zero attached hydrogens (tertiary/aromatic N) is 1. The molecule has 1 saturated carbocycles. The van der Waals surface area contributed by atoms with Crippen molar-refractivity contribution in [2.24, 2.45) is 5.92 Å². The molecular weight excluding hydrogens is 440 g/mol. The summed E-state index contributed by atoms with van der Waals surface area (Å²) in [6.07, 6.45) is 0.300. The molecule has 25 heavy (non-hydrogen) atoms. The van der Waals surface area contributed by atoms with Crippen molar-refractivity contribution in [1.82, 2.24) is 10.2 Å². The van der Waals surface area contributed by atoms with Gasteiger partial charge in [0.1, 0.15) is 0 Å². The maximum atomic E-state index is 13.2. The van der Waals surface area contributed by atoms with Gasteiger partial charge in [-0.25, -0.2) is 0 Å². The van der Waals surface area contributed by atoms with E-state index in [1.165, 1.54) is 25.0 Å². The first-order valence-corrected chi connectivity index (χ1v) is 9.07. The molecule has 1 aromatic rings. The second kappa shape index (κ2) is 9.79. The van der Waals surface area contributed by atoms with Gasteiger partial charge in [0, 0.05) is 36.7 Å². The molecule has 0 aromatic heterocycles. The van der Waals surface area contributed by atoms with E-state index in [0.29, 0.717) is 10.4 Å². The predicted molar refractivity (Wildman–Crippen MR) is 103 cm³/mol. The normalized spacial score (nSPS) is 20.6. The van der Waals surface area contributed by atoms with Crippen molar-refractivity contribution in [1.29, 1.82) is 0 Å². The molecule has 1 aliphatic carbocycles. The predicted octanol–water partition coefficient (Wildman–Crippen LogP) is 5.45. The number of hydrogen-bond acceptors (Lipinski definition) is 2. The third-order valence-corrected chi connectivity index (χ3v) is 5.44. The van der Waals surface area contributed by atoms with Crippen LogP contribution in [-0.2, 0) is 6.18 Å². The van der Waals surface area contributed by atoms with Gasteiger partial charge in [-0.05, 0) is 42.5 Å². The lowest BCUT2D eigenvalue weighted by Crippen LogP contribution is -2.46. The van der Waals surface area contributed by atoms with Crippen LogP contribution in [0.5, 0.6) is 0 Å². The first-order valence-electron chi connectivity index (χ1n) is 8.27. The molecule has 0 spiro atoms. The zero-order valence-electron chi connectivity index (χ0n) is 13.8. The number of benzene rings is 1. The molecule has 144 valence electrons. The average Bonchev–Trinajstić information content (AvgIpc) is 3.01. The van der Waals surface area contributed by atoms with E-state index in [9.17, 15) is 13.2 Å². The lowest BCUT2D eigenvalue weighted by Gasteiger charge is -2.39. The van der Waals surface area contributed by atoms with Gasteiger partial charge in [0.25, 0.3) is 0 Å². The summed E-state index contributed by atoms with van der Waals surface area (Å²) in [6.45, 7) is 3.61. The molecule has 8 heteroatoms. The molecule has 0 amide bonds. The van der Waals surface area contributed by atoms with Crippen LogP contribution in [0.4, 0.5) is 13.2 Å². The molecule has 1 N–H and O–H groups in total. The van der Waals surface area contributed by atoms with Crippen molar-refractivity contribution >= 4 is 40.7 Å². The van der Waals surface area contributed by atoms with Gasteiger partial charge in [0.05, 0.1) is 5.56 Å². The van der Waals surface area contributed by atoms with Gasteiger partial charge in [0.15, 0.2) is 0 Å². The molecule has 0 unspecified atom stereocenters. The Kier molecular flexibility index (Phi) is 9.02. The second-order valence-corrected chi connectivity index (χ2v) is 7.46. The lowest BCUT2D eigenvalue weighted by atomic mass is 9.89. The van der Waals surface area contributed by atoms with E-state index < -0.39 is 11.7 Å². The fraction of sp³-hybridized carbons (Fsp3) is 0.647. The molecule has 3 rings (SSSR count). The van der Waals surface area contributed by atoms with Gasteiger partial charge in [-0.2, -0.15) is 13.2 Å². The molecule has 0 bridgehead atoms. The third-order valence-electron chi connectivity index (χ3n) is 4.98. The summed E-state index contributed by atoms with van der Waals surface area (Å²) in [6, 6.07) is 4.50. The number of hydrogen-bond donors (Lipinski definition) is 1. The summed E-state index contributed by atoms with van der Waals surface area (Å²) in [4.78, 5) is 2.37. The standard InChI is InChI=1S/C17H22BrF3N2.2ClH/c18-15-10-13(9-14(11-15)17(19,20)21)16(12-3-1-2-4-12)23-7-5-22-6-8-23;;/h9-12,16,22H,1-8H2;2*1H/t16-;;/m1../s1. The second-order valence-electron chi connectivity index (χ2n) is 6.55. The van der Waals surface area contributed by atoms with Crippen molar-refractivity contribution in [2.75, 3.05) is 26.2 Å². The summed E-state index contributed by atoms with van der Waals surface area (Å²) in [5.74, 6) is 0.462. The third kappa shape index (κ3) is 5.73. The van der Waals surface area contributed by atoms with E-state index >= 15 is 0 Å². The highest BCUT2D eigenvalue weighted by Gasteiger charge is 2.35. The summed E-state index contributed by atoms with van der Waals surface area (Å²) >= 11 is 3.28. The first kappa shape index (κ1) is 23.0. The van der Waals surface area contributed by atoms with Gasteiger partial charge < -0.3 is 5.32 Å². The minimum Gasteiger partial charge on any atom is -0.314 e. The zero-order chi connectivity index (χ0) is 16.4. The van der Waals surface area contributed by atoms with Crippen molar-refractivity contribution in [2.45, 2.75) is 37.9 Å². The van der Waals surface area contributed by atoms with Crippen LogP contribution in [0.15, 0.2) is 22.7 Å². The quantitative estimate of drug-likeness (QED) is 0.641. The highest BCUT2D eigenvalue weighted by molar-refractivity contribution is 9.10. The Labute approximate surface area is 167 Å². The Hall–Kier alpha value is -0.0100. The van der Waals surface area contributed by atoms with Crippen LogP contribution in [0.2, 0.25) is 0 Å². The summed E-state index contributed by atoms with van der Waals surface area (Å²) in [5, 5.41) is 3.33. The van der Waals surface area contributed by atoms with Crippen LogP contribution in [0.1, 0.15) is 42.9 Å². The van der Waals surface area contributed by atoms with E-state index in [-0.39, 0.29) is 30.9 Å². The molecule has 1 aromatic carbocycles. The lowest BCUT2D eigenvalue weighted by molar-refractivity contribution is -0.137. The highest BCUT2D eigenvalue weighted by atomic mass is 79.9. The monoisotopic (exact) mass is 462 g/mol. The largest absolute Gasteiger partial charge is 0.416 e. The molecule has 2 nitrogen and oxygen atoms in total. The molecule has 1 aliphatic heterocycles. The van der Waals surface area contributed by atoms with Crippen LogP contribution in [0, 0.1) is 5.92 Å². The number of rotatable bonds is 3. The first-order chi connectivity index (χ1) is 10.9. The van der Waals surface area contributed by atoms with E-state index in [1.807, 2.05) is 6.07 Å². The number of alkyl halides is 3. The fourth-order valence-electron chi connectivity index (χ4n) is 3.96. The van der Waals surface area contributed by atoms with E-state index in [2.05, 4.69) is 26.1 Å². The van der Waals surface area contributed by atoms with Crippen LogP contribution in [0.25, 0.3) is 0 Å². The highest BCUT2D eigenvalue weighted by Crippen LogP contribution is 2.42. The topological polar surface area (TPSA) is 15.3 Å². The minimum absolute atomic E-state index is 0. The van der Waals surface area contributed by atoms with Crippen molar-refractivity contribution in [3.05, 3.63) is 33.8 Å². The smallest absolute Gasteiger partial charge is 0.314 e. The molecule has 0 radical (unpaired) electrons. The van der Waals surface area contributed by atoms with E-state index in [1.54, 1.807) is 0 Å². The van der Waals surface area contributed by atoms with E-state index in [0.717, 1.165) is 44.6 Å². The Morgan fingerprint density at radius 1 is 1.04 bits per heavy atom. The molecular formula is C17H24BrCl2F3N2. The number of nitrogens with one attached hydrogen (secondary N) is 1. The van der Waals surface area contributed by atoms with Gasteiger partial charge in [-0.1, -0.05) is 28.8 Å². The average molecular weight is 464 g/mol. The van der Waals surface area contributed by atoms with E-state index in [4.69, 9.17) is 0 Å². The fourth-order valence-corrected chi connectivity index (χ4v) is 4.47. The maximum Gasteiger partial charge on any atom is 0.416 e. The van der Waals surface area contributed by atoms with Gasteiger partial charge in [-0.15, -0.1) is 24.8 Å². The summed E-state index contributed by atoms with van der Waals surface area (Å²) in [5.41, 5.74) is 0.250. The van der Waals surface area contributed by atoms with Gasteiger partial charge >= 0.3 is 6.18 Å². The SMILES string of the molecule is Cl.Cl.FC(F)(F)c1cc(Br)cc([C@@H](C2CCCC2)N2CCNCC2)c1. The van der Waals surface area contributed by atoms with Crippen LogP contribution < -0.4 is 5.32 Å². The van der Waals surface area contributed by atoms with Gasteiger partial charge in [0.2, 0.25) is 0 Å². The molecule has 1 atom stereocenters. The molecule has 1 heterocycles. The molecule has 2 aliphatic rings. The Morgan fingerprint density at radius 2 is 1.64 bits per heavy atom. The van der Waals surface area contributed by atoms with Crippen molar-refractivity contribution in [3.63, 3.8) is 0 Å². The summed E-state index contributed by atoms with van der Waals surface area (Å²) < 4.78 is 40.1. The Bertz CT molecular complexity index is 545.